The van der Waals surface area contributed by atoms with E-state index in [1.807, 2.05) is 0 Å². The van der Waals surface area contributed by atoms with Gasteiger partial charge in [-0.3, -0.25) is 9.59 Å². The molecule has 19 heavy (non-hydrogen) atoms. The summed E-state index contributed by atoms with van der Waals surface area (Å²) in [5.41, 5.74) is 0. The first-order valence-corrected chi connectivity index (χ1v) is 6.35. The van der Waals surface area contributed by atoms with Crippen molar-refractivity contribution in [2.45, 2.75) is 39.3 Å². The molecule has 7 heteroatoms. The number of carboxylic acid groups (broad SMARTS) is 1. The van der Waals surface area contributed by atoms with Crippen LogP contribution in [-0.2, 0) is 9.59 Å². The van der Waals surface area contributed by atoms with Crippen molar-refractivity contribution < 1.29 is 19.5 Å². The molecule has 0 aliphatic carbocycles. The molecule has 1 aliphatic heterocycles. The highest BCUT2D eigenvalue weighted by Crippen LogP contribution is 2.13. The average Bonchev–Trinajstić information content (AvgIpc) is 2.71. The number of aliphatic carboxylic acids is 1. The summed E-state index contributed by atoms with van der Waals surface area (Å²) in [5.74, 6) is -1.15. The molecule has 0 aromatic rings. The Hall–Kier alpha value is -1.79. The molecule has 0 spiro atoms. The van der Waals surface area contributed by atoms with Gasteiger partial charge in [-0.1, -0.05) is 0 Å². The molecule has 2 N–H and O–H groups in total. The van der Waals surface area contributed by atoms with E-state index in [1.54, 1.807) is 18.7 Å². The Morgan fingerprint density at radius 2 is 2.05 bits per heavy atom. The molecular formula is C12H21N3O4. The highest BCUT2D eigenvalue weighted by Gasteiger charge is 2.31. The summed E-state index contributed by atoms with van der Waals surface area (Å²) in [4.78, 5) is 36.9. The lowest BCUT2D eigenvalue weighted by Gasteiger charge is -2.29. The first kappa shape index (κ1) is 15.3. The highest BCUT2D eigenvalue weighted by atomic mass is 16.4. The third-order valence-corrected chi connectivity index (χ3v) is 3.04. The lowest BCUT2D eigenvalue weighted by atomic mass is 10.2. The second kappa shape index (κ2) is 6.40. The van der Waals surface area contributed by atoms with Crippen LogP contribution in [0.2, 0.25) is 0 Å². The van der Waals surface area contributed by atoms with Crippen molar-refractivity contribution in [3.05, 3.63) is 0 Å². The van der Waals surface area contributed by atoms with E-state index < -0.39 is 5.97 Å². The molecule has 1 heterocycles. The zero-order valence-corrected chi connectivity index (χ0v) is 11.5. The Morgan fingerprint density at radius 3 is 2.53 bits per heavy atom. The van der Waals surface area contributed by atoms with Gasteiger partial charge in [0.05, 0.1) is 0 Å². The third-order valence-electron chi connectivity index (χ3n) is 3.04. The molecule has 1 unspecified atom stereocenters. The maximum atomic E-state index is 12.2. The molecule has 7 nitrogen and oxygen atoms in total. The van der Waals surface area contributed by atoms with Crippen molar-refractivity contribution in [1.82, 2.24) is 15.1 Å². The fourth-order valence-electron chi connectivity index (χ4n) is 2.14. The summed E-state index contributed by atoms with van der Waals surface area (Å²) >= 11 is 0. The van der Waals surface area contributed by atoms with E-state index in [4.69, 9.17) is 5.11 Å². The van der Waals surface area contributed by atoms with E-state index in [0.29, 0.717) is 19.5 Å². The van der Waals surface area contributed by atoms with Crippen molar-refractivity contribution in [2.24, 2.45) is 0 Å². The van der Waals surface area contributed by atoms with Crippen LogP contribution in [0.5, 0.6) is 0 Å². The monoisotopic (exact) mass is 271 g/mol. The van der Waals surface area contributed by atoms with Crippen LogP contribution in [0, 0.1) is 0 Å². The molecule has 108 valence electrons. The standard InChI is InChI=1S/C12H21N3O4/c1-8(2)15(7-11(17)18)12(19)14-5-4-10(6-14)13-9(3)16/h8,10H,4-7H2,1-3H3,(H,13,16)(H,17,18). The van der Waals surface area contributed by atoms with E-state index >= 15 is 0 Å². The molecule has 0 bridgehead atoms. The van der Waals surface area contributed by atoms with Crippen LogP contribution in [0.4, 0.5) is 4.79 Å². The van der Waals surface area contributed by atoms with Gasteiger partial charge < -0.3 is 20.2 Å². The third kappa shape index (κ3) is 4.42. The number of carbonyl (C=O) groups is 3. The van der Waals surface area contributed by atoms with Crippen molar-refractivity contribution in [1.29, 1.82) is 0 Å². The summed E-state index contributed by atoms with van der Waals surface area (Å²) < 4.78 is 0. The van der Waals surface area contributed by atoms with Crippen LogP contribution in [0.3, 0.4) is 0 Å². The van der Waals surface area contributed by atoms with E-state index in [0.717, 1.165) is 0 Å². The summed E-state index contributed by atoms with van der Waals surface area (Å²) in [5, 5.41) is 11.6. The number of hydrogen-bond acceptors (Lipinski definition) is 3. The highest BCUT2D eigenvalue weighted by molar-refractivity contribution is 5.81. The zero-order valence-electron chi connectivity index (χ0n) is 11.5. The van der Waals surface area contributed by atoms with Crippen molar-refractivity contribution in [3.63, 3.8) is 0 Å². The zero-order chi connectivity index (χ0) is 14.6. The van der Waals surface area contributed by atoms with Gasteiger partial charge in [0.2, 0.25) is 5.91 Å². The normalized spacial score (nSPS) is 18.5. The van der Waals surface area contributed by atoms with Gasteiger partial charge in [-0.05, 0) is 20.3 Å². The van der Waals surface area contributed by atoms with E-state index in [-0.39, 0.29) is 30.6 Å². The van der Waals surface area contributed by atoms with Gasteiger partial charge in [0.25, 0.3) is 0 Å². The number of nitrogens with one attached hydrogen (secondary N) is 1. The number of hydrogen-bond donors (Lipinski definition) is 2. The lowest BCUT2D eigenvalue weighted by molar-refractivity contribution is -0.138. The molecule has 1 atom stereocenters. The Bertz CT molecular complexity index is 370. The van der Waals surface area contributed by atoms with E-state index in [1.165, 1.54) is 11.8 Å². The molecule has 0 radical (unpaired) electrons. The van der Waals surface area contributed by atoms with Gasteiger partial charge in [0, 0.05) is 32.1 Å². The fraction of sp³-hybridized carbons (Fsp3) is 0.750. The molecule has 0 aromatic carbocycles. The van der Waals surface area contributed by atoms with Gasteiger partial charge in [-0.15, -0.1) is 0 Å². The van der Waals surface area contributed by atoms with Crippen molar-refractivity contribution in [2.75, 3.05) is 19.6 Å². The fourth-order valence-corrected chi connectivity index (χ4v) is 2.14. The molecule has 3 amide bonds. The van der Waals surface area contributed by atoms with Gasteiger partial charge in [-0.25, -0.2) is 4.79 Å². The summed E-state index contributed by atoms with van der Waals surface area (Å²) in [7, 11) is 0. The lowest BCUT2D eigenvalue weighted by Crippen LogP contribution is -2.48. The molecular weight excluding hydrogens is 250 g/mol. The number of amides is 3. The Morgan fingerprint density at radius 1 is 1.42 bits per heavy atom. The molecule has 0 saturated carbocycles. The number of carboxylic acids is 1. The SMILES string of the molecule is CC(=O)NC1CCN(C(=O)N(CC(=O)O)C(C)C)C1. The van der Waals surface area contributed by atoms with Crippen LogP contribution in [0.25, 0.3) is 0 Å². The molecule has 1 fully saturated rings. The first-order chi connectivity index (χ1) is 8.81. The number of likely N-dealkylation sites (tertiary alicyclic amines) is 1. The number of urea groups is 1. The summed E-state index contributed by atoms with van der Waals surface area (Å²) in [6, 6.07) is -0.506. The molecule has 1 saturated heterocycles. The van der Waals surface area contributed by atoms with E-state index in [9.17, 15) is 14.4 Å². The largest absolute Gasteiger partial charge is 0.480 e. The molecule has 1 rings (SSSR count). The number of rotatable bonds is 4. The van der Waals surface area contributed by atoms with Crippen molar-refractivity contribution in [3.8, 4) is 0 Å². The average molecular weight is 271 g/mol. The van der Waals surface area contributed by atoms with Gasteiger partial charge in [0.15, 0.2) is 0 Å². The smallest absolute Gasteiger partial charge is 0.323 e. The second-order valence-corrected chi connectivity index (χ2v) is 5.03. The van der Waals surface area contributed by atoms with Crippen LogP contribution in [0.1, 0.15) is 27.2 Å². The van der Waals surface area contributed by atoms with Crippen LogP contribution in [0.15, 0.2) is 0 Å². The summed E-state index contributed by atoms with van der Waals surface area (Å²) in [6.45, 7) is 5.66. The van der Waals surface area contributed by atoms with Crippen molar-refractivity contribution >= 4 is 17.9 Å². The first-order valence-electron chi connectivity index (χ1n) is 6.35. The van der Waals surface area contributed by atoms with Crippen LogP contribution >= 0.6 is 0 Å². The van der Waals surface area contributed by atoms with Crippen LogP contribution < -0.4 is 5.32 Å². The minimum Gasteiger partial charge on any atom is -0.480 e. The minimum atomic E-state index is -1.03. The van der Waals surface area contributed by atoms with Gasteiger partial charge >= 0.3 is 12.0 Å². The predicted molar refractivity (Wildman–Crippen MR) is 68.7 cm³/mol. The molecule has 1 aliphatic rings. The Labute approximate surface area is 112 Å². The maximum absolute atomic E-state index is 12.2. The summed E-state index contributed by atoms with van der Waals surface area (Å²) in [6.07, 6.45) is 0.699. The van der Waals surface area contributed by atoms with E-state index in [2.05, 4.69) is 5.32 Å². The number of nitrogens with zero attached hydrogens (tertiary/aromatic N) is 2. The van der Waals surface area contributed by atoms with Crippen LogP contribution in [-0.4, -0.2) is 64.5 Å². The topological polar surface area (TPSA) is 90.0 Å². The minimum absolute atomic E-state index is 0.0414. The maximum Gasteiger partial charge on any atom is 0.323 e. The van der Waals surface area contributed by atoms with Gasteiger partial charge in [0.1, 0.15) is 6.54 Å². The van der Waals surface area contributed by atoms with Gasteiger partial charge in [-0.2, -0.15) is 0 Å². The number of carbonyl (C=O) groups excluding carboxylic acids is 2. The molecule has 0 aromatic heterocycles. The quantitative estimate of drug-likeness (QED) is 0.759. The predicted octanol–water partition coefficient (Wildman–Crippen LogP) is 0.112. The Kier molecular flexibility index (Phi) is 5.14. The second-order valence-electron chi connectivity index (χ2n) is 5.03. The Balaban J connectivity index is 2.61.